The molecule has 0 fully saturated rings. The molecule has 5 nitrogen and oxygen atoms in total. The molecule has 0 saturated heterocycles. The minimum Gasteiger partial charge on any atom is -0.480 e. The SMILES string of the molecule is CCCN(CC(=O)O)c1ncnc2c(F)cccc12. The lowest BCUT2D eigenvalue weighted by molar-refractivity contribution is -0.135. The van der Waals surface area contributed by atoms with Crippen LogP contribution >= 0.6 is 0 Å². The molecule has 1 aromatic heterocycles. The van der Waals surface area contributed by atoms with Crippen LogP contribution in [-0.4, -0.2) is 34.1 Å². The van der Waals surface area contributed by atoms with Crippen molar-refractivity contribution < 1.29 is 14.3 Å². The predicted octanol–water partition coefficient (Wildman–Crippen LogP) is 2.07. The van der Waals surface area contributed by atoms with Gasteiger partial charge >= 0.3 is 5.97 Å². The molecule has 1 heterocycles. The number of benzene rings is 1. The molecule has 0 spiro atoms. The molecule has 0 aliphatic rings. The average Bonchev–Trinajstić information content (AvgIpc) is 2.38. The van der Waals surface area contributed by atoms with Crippen molar-refractivity contribution in [2.24, 2.45) is 0 Å². The Morgan fingerprint density at radius 3 is 2.89 bits per heavy atom. The summed E-state index contributed by atoms with van der Waals surface area (Å²) in [6, 6.07) is 4.58. The van der Waals surface area contributed by atoms with E-state index in [2.05, 4.69) is 9.97 Å². The molecule has 0 amide bonds. The normalized spacial score (nSPS) is 10.6. The Morgan fingerprint density at radius 2 is 2.21 bits per heavy atom. The van der Waals surface area contributed by atoms with E-state index in [0.29, 0.717) is 17.7 Å². The Bertz CT molecular complexity index is 603. The van der Waals surface area contributed by atoms with Crippen molar-refractivity contribution >= 4 is 22.7 Å². The van der Waals surface area contributed by atoms with Gasteiger partial charge in [-0.3, -0.25) is 4.79 Å². The number of halogens is 1. The monoisotopic (exact) mass is 263 g/mol. The highest BCUT2D eigenvalue weighted by Crippen LogP contribution is 2.24. The summed E-state index contributed by atoms with van der Waals surface area (Å²) in [7, 11) is 0. The number of nitrogens with zero attached hydrogens (tertiary/aromatic N) is 3. The fourth-order valence-electron chi connectivity index (χ4n) is 1.98. The standard InChI is InChI=1S/C13H14FN3O2/c1-2-6-17(7-11(18)19)13-9-4-3-5-10(14)12(9)15-8-16-13/h3-5,8H,2,6-7H2,1H3,(H,18,19). The molecule has 19 heavy (non-hydrogen) atoms. The third-order valence-corrected chi connectivity index (χ3v) is 2.71. The Labute approximate surface area is 109 Å². The van der Waals surface area contributed by atoms with E-state index in [-0.39, 0.29) is 12.1 Å². The Balaban J connectivity index is 2.53. The fraction of sp³-hybridized carbons (Fsp3) is 0.308. The summed E-state index contributed by atoms with van der Waals surface area (Å²) >= 11 is 0. The van der Waals surface area contributed by atoms with Gasteiger partial charge < -0.3 is 10.0 Å². The van der Waals surface area contributed by atoms with Gasteiger partial charge in [-0.2, -0.15) is 0 Å². The van der Waals surface area contributed by atoms with Crippen LogP contribution in [0.25, 0.3) is 10.9 Å². The van der Waals surface area contributed by atoms with Crippen LogP contribution in [0.1, 0.15) is 13.3 Å². The Kier molecular flexibility index (Phi) is 3.89. The van der Waals surface area contributed by atoms with Crippen molar-refractivity contribution in [1.29, 1.82) is 0 Å². The average molecular weight is 263 g/mol. The third kappa shape index (κ3) is 2.78. The second-order valence-electron chi connectivity index (χ2n) is 4.15. The van der Waals surface area contributed by atoms with Gasteiger partial charge in [0.25, 0.3) is 0 Å². The van der Waals surface area contributed by atoms with Gasteiger partial charge in [-0.25, -0.2) is 14.4 Å². The van der Waals surface area contributed by atoms with Crippen molar-refractivity contribution in [3.8, 4) is 0 Å². The van der Waals surface area contributed by atoms with E-state index in [9.17, 15) is 9.18 Å². The molecule has 0 radical (unpaired) electrons. The summed E-state index contributed by atoms with van der Waals surface area (Å²) < 4.78 is 13.7. The number of carboxylic acid groups (broad SMARTS) is 1. The molecule has 2 aromatic rings. The topological polar surface area (TPSA) is 66.3 Å². The summed E-state index contributed by atoms with van der Waals surface area (Å²) in [6.07, 6.45) is 2.03. The van der Waals surface area contributed by atoms with Crippen LogP contribution < -0.4 is 4.90 Å². The molecule has 100 valence electrons. The molecule has 0 atom stereocenters. The molecule has 0 aliphatic heterocycles. The van der Waals surface area contributed by atoms with E-state index in [0.717, 1.165) is 6.42 Å². The first kappa shape index (κ1) is 13.2. The van der Waals surface area contributed by atoms with E-state index in [4.69, 9.17) is 5.11 Å². The van der Waals surface area contributed by atoms with Crippen molar-refractivity contribution in [2.75, 3.05) is 18.0 Å². The van der Waals surface area contributed by atoms with Crippen LogP contribution in [0.2, 0.25) is 0 Å². The number of aliphatic carboxylic acids is 1. The molecule has 0 bridgehead atoms. The van der Waals surface area contributed by atoms with Crippen molar-refractivity contribution in [1.82, 2.24) is 9.97 Å². The molecule has 2 rings (SSSR count). The van der Waals surface area contributed by atoms with Crippen molar-refractivity contribution in [3.63, 3.8) is 0 Å². The van der Waals surface area contributed by atoms with Crippen LogP contribution in [0.5, 0.6) is 0 Å². The summed E-state index contributed by atoms with van der Waals surface area (Å²) in [4.78, 5) is 20.5. The van der Waals surface area contributed by atoms with E-state index in [1.165, 1.54) is 12.4 Å². The Hall–Kier alpha value is -2.24. The lowest BCUT2D eigenvalue weighted by Crippen LogP contribution is -2.31. The van der Waals surface area contributed by atoms with Gasteiger partial charge in [-0.15, -0.1) is 0 Å². The minimum atomic E-state index is -0.948. The number of fused-ring (bicyclic) bond motifs is 1. The highest BCUT2D eigenvalue weighted by molar-refractivity contribution is 5.90. The van der Waals surface area contributed by atoms with Gasteiger partial charge in [-0.05, 0) is 18.6 Å². The molecule has 1 aromatic carbocycles. The lowest BCUT2D eigenvalue weighted by Gasteiger charge is -2.22. The highest BCUT2D eigenvalue weighted by atomic mass is 19.1. The minimum absolute atomic E-state index is 0.170. The zero-order chi connectivity index (χ0) is 13.8. The number of anilines is 1. The summed E-state index contributed by atoms with van der Waals surface area (Å²) in [5.74, 6) is -0.932. The smallest absolute Gasteiger partial charge is 0.323 e. The maximum Gasteiger partial charge on any atom is 0.323 e. The zero-order valence-electron chi connectivity index (χ0n) is 10.5. The first-order chi connectivity index (χ1) is 9.13. The first-order valence-electron chi connectivity index (χ1n) is 5.99. The molecule has 6 heteroatoms. The van der Waals surface area contributed by atoms with E-state index in [1.807, 2.05) is 6.92 Å². The van der Waals surface area contributed by atoms with E-state index < -0.39 is 11.8 Å². The van der Waals surface area contributed by atoms with Crippen LogP contribution in [0, 0.1) is 5.82 Å². The zero-order valence-corrected chi connectivity index (χ0v) is 10.5. The number of carboxylic acids is 1. The second kappa shape index (κ2) is 5.60. The quantitative estimate of drug-likeness (QED) is 0.894. The van der Waals surface area contributed by atoms with Gasteiger partial charge in [0.05, 0.1) is 0 Å². The van der Waals surface area contributed by atoms with Gasteiger partial charge in [0, 0.05) is 11.9 Å². The van der Waals surface area contributed by atoms with Gasteiger partial charge in [-0.1, -0.05) is 13.0 Å². The first-order valence-corrected chi connectivity index (χ1v) is 5.99. The predicted molar refractivity (Wildman–Crippen MR) is 69.6 cm³/mol. The van der Waals surface area contributed by atoms with Crippen LogP contribution in [0.3, 0.4) is 0 Å². The number of aromatic nitrogens is 2. The van der Waals surface area contributed by atoms with Crippen LogP contribution in [-0.2, 0) is 4.79 Å². The lowest BCUT2D eigenvalue weighted by atomic mass is 10.2. The second-order valence-corrected chi connectivity index (χ2v) is 4.15. The largest absolute Gasteiger partial charge is 0.480 e. The van der Waals surface area contributed by atoms with Gasteiger partial charge in [0.2, 0.25) is 0 Å². The number of rotatable bonds is 5. The van der Waals surface area contributed by atoms with Crippen LogP contribution in [0.4, 0.5) is 10.2 Å². The molecular weight excluding hydrogens is 249 g/mol. The fourth-order valence-corrected chi connectivity index (χ4v) is 1.98. The van der Waals surface area contributed by atoms with E-state index in [1.54, 1.807) is 17.0 Å². The molecule has 0 unspecified atom stereocenters. The number of hydrogen-bond donors (Lipinski definition) is 1. The molecule has 0 aliphatic carbocycles. The summed E-state index contributed by atoms with van der Waals surface area (Å²) in [6.45, 7) is 2.31. The number of hydrogen-bond acceptors (Lipinski definition) is 4. The number of para-hydroxylation sites is 1. The number of carbonyl (C=O) groups is 1. The van der Waals surface area contributed by atoms with Gasteiger partial charge in [0.1, 0.15) is 30.0 Å². The van der Waals surface area contributed by atoms with E-state index >= 15 is 0 Å². The van der Waals surface area contributed by atoms with Gasteiger partial charge in [0.15, 0.2) is 0 Å². The maximum absolute atomic E-state index is 13.7. The van der Waals surface area contributed by atoms with Crippen LogP contribution in [0.15, 0.2) is 24.5 Å². The molecule has 0 saturated carbocycles. The Morgan fingerprint density at radius 1 is 1.42 bits per heavy atom. The molecule has 1 N–H and O–H groups in total. The maximum atomic E-state index is 13.7. The summed E-state index contributed by atoms with van der Waals surface area (Å²) in [5.41, 5.74) is 0.207. The highest BCUT2D eigenvalue weighted by Gasteiger charge is 2.15. The van der Waals surface area contributed by atoms with Crippen molar-refractivity contribution in [2.45, 2.75) is 13.3 Å². The van der Waals surface area contributed by atoms with Crippen molar-refractivity contribution in [3.05, 3.63) is 30.3 Å². The third-order valence-electron chi connectivity index (χ3n) is 2.71. The molecular formula is C13H14FN3O2. The summed E-state index contributed by atoms with van der Waals surface area (Å²) in [5, 5.41) is 9.46.